The Morgan fingerprint density at radius 1 is 1.21 bits per heavy atom. The van der Waals surface area contributed by atoms with E-state index in [1.807, 2.05) is 13.8 Å². The highest BCUT2D eigenvalue weighted by molar-refractivity contribution is 7.99. The van der Waals surface area contributed by atoms with Gasteiger partial charge in [0.1, 0.15) is 11.3 Å². The highest BCUT2D eigenvalue weighted by Crippen LogP contribution is 2.29. The van der Waals surface area contributed by atoms with Gasteiger partial charge in [0, 0.05) is 6.04 Å². The Bertz CT molecular complexity index is 1310. The van der Waals surface area contributed by atoms with Gasteiger partial charge in [0.25, 0.3) is 5.56 Å². The summed E-state index contributed by atoms with van der Waals surface area (Å²) in [6, 6.07) is 6.95. The number of Topliss-reactive ketones (excluding diaryl/α,β-unsaturated/α-hetero) is 1. The number of nitrogens with one attached hydrogen (secondary N) is 1. The van der Waals surface area contributed by atoms with Gasteiger partial charge in [-0.05, 0) is 46.2 Å². The number of carbonyl (C=O) groups excluding carboxylic acids is 3. The molecule has 10 heteroatoms. The number of anilines is 1. The molecule has 34 heavy (non-hydrogen) atoms. The van der Waals surface area contributed by atoms with Gasteiger partial charge in [-0.2, -0.15) is 0 Å². The fourth-order valence-electron chi connectivity index (χ4n) is 3.55. The number of aromatic nitrogens is 2. The molecule has 1 unspecified atom stereocenters. The van der Waals surface area contributed by atoms with E-state index in [1.54, 1.807) is 35.8 Å². The minimum Gasteiger partial charge on any atom is -0.462 e. The van der Waals surface area contributed by atoms with Crippen molar-refractivity contribution >= 4 is 46.2 Å². The van der Waals surface area contributed by atoms with E-state index in [0.29, 0.717) is 22.5 Å². The Hall–Kier alpha value is -3.40. The molecule has 0 saturated carbocycles. The summed E-state index contributed by atoms with van der Waals surface area (Å²) < 4.78 is 12.1. The molecule has 1 amide bonds. The number of rotatable bonds is 9. The molecule has 0 spiro atoms. The van der Waals surface area contributed by atoms with Crippen molar-refractivity contribution in [3.8, 4) is 0 Å². The molecule has 3 rings (SSSR count). The van der Waals surface area contributed by atoms with Crippen LogP contribution in [0.2, 0.25) is 0 Å². The number of para-hydroxylation sites is 1. The Morgan fingerprint density at radius 3 is 2.56 bits per heavy atom. The number of hydrogen-bond acceptors (Lipinski definition) is 8. The van der Waals surface area contributed by atoms with Crippen LogP contribution >= 0.6 is 11.8 Å². The van der Waals surface area contributed by atoms with E-state index < -0.39 is 11.9 Å². The second-order valence-electron chi connectivity index (χ2n) is 7.69. The van der Waals surface area contributed by atoms with E-state index in [0.717, 1.165) is 11.8 Å². The molecular formula is C24H27N3O6S. The van der Waals surface area contributed by atoms with E-state index >= 15 is 0 Å². The average Bonchev–Trinajstić information content (AvgIpc) is 3.13. The van der Waals surface area contributed by atoms with Crippen molar-refractivity contribution in [1.82, 2.24) is 9.55 Å². The van der Waals surface area contributed by atoms with Crippen molar-refractivity contribution in [2.75, 3.05) is 17.7 Å². The number of aryl methyl sites for hydroxylation is 1. The number of thioether (sulfide) groups is 1. The molecule has 0 fully saturated rings. The summed E-state index contributed by atoms with van der Waals surface area (Å²) in [4.78, 5) is 54.9. The minimum absolute atomic E-state index is 0.0724. The molecule has 1 aromatic carbocycles. The van der Waals surface area contributed by atoms with Crippen molar-refractivity contribution in [1.29, 1.82) is 0 Å². The second-order valence-corrected chi connectivity index (χ2v) is 8.64. The number of nitrogens with zero attached hydrogens (tertiary/aromatic N) is 2. The summed E-state index contributed by atoms with van der Waals surface area (Å²) in [7, 11) is 0. The van der Waals surface area contributed by atoms with Crippen LogP contribution in [0, 0.1) is 6.92 Å². The molecule has 0 saturated heterocycles. The van der Waals surface area contributed by atoms with Crippen LogP contribution in [0.25, 0.3) is 10.9 Å². The Morgan fingerprint density at radius 2 is 1.91 bits per heavy atom. The number of carbonyl (C=O) groups is 3. The third-order valence-electron chi connectivity index (χ3n) is 5.31. The number of fused-ring (bicyclic) bond motifs is 1. The molecule has 3 aromatic rings. The Kier molecular flexibility index (Phi) is 7.93. The third-order valence-corrected chi connectivity index (χ3v) is 6.26. The lowest BCUT2D eigenvalue weighted by Crippen LogP contribution is -2.26. The van der Waals surface area contributed by atoms with Gasteiger partial charge >= 0.3 is 5.97 Å². The molecule has 0 aliphatic carbocycles. The monoisotopic (exact) mass is 485 g/mol. The van der Waals surface area contributed by atoms with Crippen molar-refractivity contribution < 1.29 is 23.5 Å². The summed E-state index contributed by atoms with van der Waals surface area (Å²) in [5.41, 5.74) is 0.348. The maximum atomic E-state index is 13.1. The second kappa shape index (κ2) is 10.7. The fourth-order valence-corrected chi connectivity index (χ4v) is 4.44. The Labute approximate surface area is 200 Å². The number of amides is 1. The van der Waals surface area contributed by atoms with Crippen LogP contribution in [0.1, 0.15) is 66.6 Å². The number of benzene rings is 1. The smallest absolute Gasteiger partial charge is 0.344 e. The molecule has 1 N–H and O–H groups in total. The van der Waals surface area contributed by atoms with E-state index in [2.05, 4.69) is 10.3 Å². The maximum absolute atomic E-state index is 13.1. The summed E-state index contributed by atoms with van der Waals surface area (Å²) in [5.74, 6) is -1.65. The number of furan rings is 1. The highest BCUT2D eigenvalue weighted by atomic mass is 32.2. The van der Waals surface area contributed by atoms with Crippen LogP contribution in [0.3, 0.4) is 0 Å². The van der Waals surface area contributed by atoms with Gasteiger partial charge in [-0.3, -0.25) is 24.3 Å². The molecule has 9 nitrogen and oxygen atoms in total. The molecule has 0 aliphatic heterocycles. The fraction of sp³-hybridized carbons (Fsp3) is 0.375. The zero-order valence-electron chi connectivity index (χ0n) is 19.8. The van der Waals surface area contributed by atoms with Gasteiger partial charge in [0.05, 0.1) is 28.8 Å². The largest absolute Gasteiger partial charge is 0.462 e. The third kappa shape index (κ3) is 5.06. The van der Waals surface area contributed by atoms with Gasteiger partial charge < -0.3 is 9.15 Å². The van der Waals surface area contributed by atoms with Gasteiger partial charge in [0.2, 0.25) is 11.8 Å². The van der Waals surface area contributed by atoms with E-state index in [9.17, 15) is 19.2 Å². The summed E-state index contributed by atoms with van der Waals surface area (Å²) in [5, 5.41) is 3.48. The lowest BCUT2D eigenvalue weighted by Gasteiger charge is -2.18. The zero-order chi connectivity index (χ0) is 25.0. The number of ketones is 1. The maximum Gasteiger partial charge on any atom is 0.344 e. The van der Waals surface area contributed by atoms with E-state index in [-0.39, 0.29) is 52.5 Å². The SMILES string of the molecule is CCOC(=O)c1c(NC(=O)CSc2nc3ccccc3c(=O)n2C(C)CC)oc(C)c1C(C)=O. The van der Waals surface area contributed by atoms with Crippen molar-refractivity contribution in [2.45, 2.75) is 52.2 Å². The molecule has 1 atom stereocenters. The van der Waals surface area contributed by atoms with E-state index in [4.69, 9.17) is 9.15 Å². The van der Waals surface area contributed by atoms with Gasteiger partial charge in [-0.15, -0.1) is 0 Å². The first kappa shape index (κ1) is 25.2. The first-order valence-corrected chi connectivity index (χ1v) is 11.9. The predicted molar refractivity (Wildman–Crippen MR) is 130 cm³/mol. The summed E-state index contributed by atoms with van der Waals surface area (Å²) in [6.45, 7) is 8.47. The lowest BCUT2D eigenvalue weighted by atomic mass is 10.1. The standard InChI is InChI=1S/C24H27N3O6S/c1-6-13(3)27-22(30)16-10-8-9-11-17(16)25-24(27)34-12-18(29)26-21-20(23(31)32-7-2)19(14(4)28)15(5)33-21/h8-11,13H,6-7,12H2,1-5H3,(H,26,29). The number of ether oxygens (including phenoxy) is 1. The zero-order valence-corrected chi connectivity index (χ0v) is 20.6. The Balaban J connectivity index is 1.89. The molecule has 2 heterocycles. The van der Waals surface area contributed by atoms with Crippen molar-refractivity contribution in [3.05, 3.63) is 51.5 Å². The summed E-state index contributed by atoms with van der Waals surface area (Å²) >= 11 is 1.10. The average molecular weight is 486 g/mol. The van der Waals surface area contributed by atoms with E-state index in [1.165, 1.54) is 13.8 Å². The molecular weight excluding hydrogens is 458 g/mol. The predicted octanol–water partition coefficient (Wildman–Crippen LogP) is 4.38. The normalized spacial score (nSPS) is 11.9. The summed E-state index contributed by atoms with van der Waals surface area (Å²) in [6.07, 6.45) is 0.710. The number of esters is 1. The van der Waals surface area contributed by atoms with Crippen LogP contribution in [0.15, 0.2) is 38.6 Å². The van der Waals surface area contributed by atoms with Gasteiger partial charge in [0.15, 0.2) is 10.9 Å². The molecule has 180 valence electrons. The number of hydrogen-bond donors (Lipinski definition) is 1. The van der Waals surface area contributed by atoms with Crippen molar-refractivity contribution in [3.63, 3.8) is 0 Å². The van der Waals surface area contributed by atoms with Crippen LogP contribution in [0.4, 0.5) is 5.88 Å². The molecule has 0 radical (unpaired) electrons. The van der Waals surface area contributed by atoms with Crippen LogP contribution < -0.4 is 10.9 Å². The minimum atomic E-state index is -0.755. The van der Waals surface area contributed by atoms with Crippen LogP contribution in [0.5, 0.6) is 0 Å². The van der Waals surface area contributed by atoms with Crippen LogP contribution in [-0.2, 0) is 9.53 Å². The quantitative estimate of drug-likeness (QED) is 0.205. The van der Waals surface area contributed by atoms with Gasteiger partial charge in [-0.1, -0.05) is 30.8 Å². The van der Waals surface area contributed by atoms with Gasteiger partial charge in [-0.25, -0.2) is 9.78 Å². The molecule has 0 bridgehead atoms. The topological polar surface area (TPSA) is 120 Å². The van der Waals surface area contributed by atoms with Crippen molar-refractivity contribution in [2.24, 2.45) is 0 Å². The highest BCUT2D eigenvalue weighted by Gasteiger charge is 2.29. The first-order chi connectivity index (χ1) is 16.2. The lowest BCUT2D eigenvalue weighted by molar-refractivity contribution is -0.113. The van der Waals surface area contributed by atoms with Crippen LogP contribution in [-0.4, -0.2) is 39.6 Å². The molecule has 0 aliphatic rings. The molecule has 2 aromatic heterocycles. The first-order valence-electron chi connectivity index (χ1n) is 10.9.